The minimum atomic E-state index is -0.534. The van der Waals surface area contributed by atoms with Crippen molar-refractivity contribution in [1.82, 2.24) is 19.5 Å². The fourth-order valence-electron chi connectivity index (χ4n) is 5.16. The average molecular weight is 520 g/mol. The molecule has 0 spiro atoms. The Kier molecular flexibility index (Phi) is 6.48. The quantitative estimate of drug-likeness (QED) is 0.369. The van der Waals surface area contributed by atoms with Crippen LogP contribution in [-0.4, -0.2) is 31.5 Å². The Morgan fingerprint density at radius 3 is 2.43 bits per heavy atom. The van der Waals surface area contributed by atoms with Gasteiger partial charge in [-0.2, -0.15) is 4.98 Å². The molecule has 2 aliphatic carbocycles. The maximum Gasteiger partial charge on any atom is 0.224 e. The number of rotatable bonds is 6. The highest BCUT2D eigenvalue weighted by atomic mass is 35.5. The van der Waals surface area contributed by atoms with Gasteiger partial charge < -0.3 is 16.4 Å². The lowest BCUT2D eigenvalue weighted by Crippen LogP contribution is -2.38. The topological polar surface area (TPSA) is 111 Å². The molecule has 2 aliphatic rings. The van der Waals surface area contributed by atoms with Crippen molar-refractivity contribution in [2.75, 3.05) is 10.6 Å². The summed E-state index contributed by atoms with van der Waals surface area (Å²) in [5.74, 6) is 0.244. The van der Waals surface area contributed by atoms with Crippen molar-refractivity contribution in [2.24, 2.45) is 11.1 Å². The van der Waals surface area contributed by atoms with Gasteiger partial charge in [-0.25, -0.2) is 14.4 Å². The summed E-state index contributed by atoms with van der Waals surface area (Å²) in [5, 5.41) is 6.94. The van der Waals surface area contributed by atoms with Crippen molar-refractivity contribution >= 4 is 57.9 Å². The molecule has 11 heteroatoms. The average Bonchev–Trinajstić information content (AvgIpc) is 3.44. The van der Waals surface area contributed by atoms with E-state index in [0.717, 1.165) is 25.7 Å². The maximum atomic E-state index is 13.8. The van der Waals surface area contributed by atoms with Crippen LogP contribution in [0, 0.1) is 11.2 Å². The molecule has 0 saturated heterocycles. The van der Waals surface area contributed by atoms with E-state index < -0.39 is 11.2 Å². The van der Waals surface area contributed by atoms with Crippen LogP contribution in [-0.2, 0) is 4.79 Å². The molecule has 0 unspecified atom stereocenters. The smallest absolute Gasteiger partial charge is 0.224 e. The van der Waals surface area contributed by atoms with Gasteiger partial charge in [0.25, 0.3) is 0 Å². The predicted octanol–water partition coefficient (Wildman–Crippen LogP) is 5.98. The second-order valence-electron chi connectivity index (χ2n) is 9.86. The van der Waals surface area contributed by atoms with E-state index in [2.05, 4.69) is 15.6 Å². The molecule has 0 bridgehead atoms. The number of hydrogen-bond acceptors (Lipinski definition) is 6. The number of nitrogens with one attached hydrogen (secondary N) is 2. The number of carbonyl (C=O) groups excluding carboxylic acids is 1. The van der Waals surface area contributed by atoms with E-state index >= 15 is 0 Å². The first kappa shape index (κ1) is 24.1. The molecule has 0 aliphatic heterocycles. The fraction of sp³-hybridized carbons (Fsp3) is 0.500. The molecule has 3 aromatic rings. The normalized spacial score (nSPS) is 23.0. The van der Waals surface area contributed by atoms with Crippen molar-refractivity contribution in [3.05, 3.63) is 34.2 Å². The highest BCUT2D eigenvalue weighted by Crippen LogP contribution is 2.43. The number of amides is 1. The molecule has 1 aromatic carbocycles. The van der Waals surface area contributed by atoms with Crippen molar-refractivity contribution in [3.63, 3.8) is 0 Å². The third kappa shape index (κ3) is 4.76. The van der Waals surface area contributed by atoms with Gasteiger partial charge in [-0.15, -0.1) is 0 Å². The SMILES string of the molecule is C[C@]1(C(N)=O)CC[C@@H](n2c(Nc3c(Cl)cc(F)cc3Cl)nc3cnc(NC4CCCC4)nc32)CC1. The highest BCUT2D eigenvalue weighted by molar-refractivity contribution is 6.39. The van der Waals surface area contributed by atoms with E-state index in [1.165, 1.54) is 25.0 Å². The van der Waals surface area contributed by atoms with E-state index in [-0.39, 0.29) is 22.0 Å². The summed E-state index contributed by atoms with van der Waals surface area (Å²) in [7, 11) is 0. The van der Waals surface area contributed by atoms with Gasteiger partial charge in [0.1, 0.15) is 11.3 Å². The number of fused-ring (bicyclic) bond motifs is 1. The van der Waals surface area contributed by atoms with Gasteiger partial charge in [0.2, 0.25) is 17.8 Å². The number of nitrogens with two attached hydrogens (primary N) is 1. The largest absolute Gasteiger partial charge is 0.369 e. The van der Waals surface area contributed by atoms with Crippen LogP contribution in [0.5, 0.6) is 0 Å². The van der Waals surface area contributed by atoms with Gasteiger partial charge >= 0.3 is 0 Å². The lowest BCUT2D eigenvalue weighted by molar-refractivity contribution is -0.128. The molecular formula is C24H28Cl2FN7O. The Morgan fingerprint density at radius 1 is 1.14 bits per heavy atom. The fourth-order valence-corrected chi connectivity index (χ4v) is 5.72. The Morgan fingerprint density at radius 2 is 1.80 bits per heavy atom. The molecule has 2 heterocycles. The third-order valence-electron chi connectivity index (χ3n) is 7.38. The number of aromatic nitrogens is 4. The van der Waals surface area contributed by atoms with Gasteiger partial charge in [0, 0.05) is 17.5 Å². The van der Waals surface area contributed by atoms with Crippen molar-refractivity contribution < 1.29 is 9.18 Å². The number of carbonyl (C=O) groups is 1. The summed E-state index contributed by atoms with van der Waals surface area (Å²) in [6.45, 7) is 1.92. The molecule has 186 valence electrons. The Bertz CT molecular complexity index is 1240. The van der Waals surface area contributed by atoms with Crippen LogP contribution >= 0.6 is 23.2 Å². The molecule has 35 heavy (non-hydrogen) atoms. The van der Waals surface area contributed by atoms with Gasteiger partial charge in [0.05, 0.1) is 21.9 Å². The minimum Gasteiger partial charge on any atom is -0.369 e. The molecule has 2 aromatic heterocycles. The zero-order valence-electron chi connectivity index (χ0n) is 19.5. The highest BCUT2D eigenvalue weighted by Gasteiger charge is 2.37. The van der Waals surface area contributed by atoms with Crippen molar-refractivity contribution in [2.45, 2.75) is 70.4 Å². The molecular weight excluding hydrogens is 492 g/mol. The number of benzene rings is 1. The molecule has 0 radical (unpaired) electrons. The molecule has 2 fully saturated rings. The molecule has 1 amide bonds. The van der Waals surface area contributed by atoms with E-state index in [1.54, 1.807) is 6.20 Å². The molecule has 5 rings (SSSR count). The predicted molar refractivity (Wildman–Crippen MR) is 136 cm³/mol. The summed E-state index contributed by atoms with van der Waals surface area (Å²) in [5.41, 5.74) is 6.79. The van der Waals surface area contributed by atoms with E-state index in [4.69, 9.17) is 38.9 Å². The van der Waals surface area contributed by atoms with Crippen LogP contribution < -0.4 is 16.4 Å². The standard InChI is InChI=1S/C24H28Cl2FN7O/c1-24(21(28)35)8-6-15(7-9-24)34-20-18(12-29-22(33-20)30-14-4-2-3-5-14)31-23(34)32-19-16(25)10-13(27)11-17(19)26/h10-12,14-15H,2-9H2,1H3,(H2,28,35)(H,31,32)(H,29,30,33)/t15-,24+. The Labute approximate surface area is 212 Å². The second kappa shape index (κ2) is 9.43. The van der Waals surface area contributed by atoms with Crippen molar-refractivity contribution in [1.29, 1.82) is 0 Å². The zero-order valence-corrected chi connectivity index (χ0v) is 21.0. The number of nitrogens with zero attached hydrogens (tertiary/aromatic N) is 4. The first-order valence-electron chi connectivity index (χ1n) is 12.0. The van der Waals surface area contributed by atoms with E-state index in [9.17, 15) is 9.18 Å². The van der Waals surface area contributed by atoms with Crippen LogP contribution in [0.4, 0.5) is 22.0 Å². The number of primary amides is 1. The minimum absolute atomic E-state index is 0.0159. The van der Waals surface area contributed by atoms with Crippen LogP contribution in [0.1, 0.15) is 64.3 Å². The number of hydrogen-bond donors (Lipinski definition) is 3. The van der Waals surface area contributed by atoms with Crippen molar-refractivity contribution in [3.8, 4) is 0 Å². The number of imidazole rings is 1. The van der Waals surface area contributed by atoms with Gasteiger partial charge in [-0.1, -0.05) is 43.0 Å². The van der Waals surface area contributed by atoms with E-state index in [1.807, 2.05) is 11.5 Å². The summed E-state index contributed by atoms with van der Waals surface area (Å²) in [4.78, 5) is 26.0. The third-order valence-corrected chi connectivity index (χ3v) is 7.98. The molecule has 2 saturated carbocycles. The van der Waals surface area contributed by atoms with Gasteiger partial charge in [0.15, 0.2) is 5.65 Å². The Hall–Kier alpha value is -2.65. The van der Waals surface area contributed by atoms with Gasteiger partial charge in [-0.3, -0.25) is 9.36 Å². The van der Waals surface area contributed by atoms with Crippen LogP contribution in [0.2, 0.25) is 10.0 Å². The first-order valence-corrected chi connectivity index (χ1v) is 12.7. The zero-order chi connectivity index (χ0) is 24.7. The summed E-state index contributed by atoms with van der Waals surface area (Å²) < 4.78 is 15.8. The lowest BCUT2D eigenvalue weighted by atomic mass is 9.73. The van der Waals surface area contributed by atoms with Crippen LogP contribution in [0.3, 0.4) is 0 Å². The van der Waals surface area contributed by atoms with Gasteiger partial charge in [-0.05, 0) is 50.7 Å². The maximum absolute atomic E-state index is 13.8. The number of halogens is 3. The van der Waals surface area contributed by atoms with Crippen LogP contribution in [0.15, 0.2) is 18.3 Å². The summed E-state index contributed by atoms with van der Waals surface area (Å²) >= 11 is 12.6. The first-order chi connectivity index (χ1) is 16.7. The molecule has 4 N–H and O–H groups in total. The Balaban J connectivity index is 1.54. The van der Waals surface area contributed by atoms with E-state index in [0.29, 0.717) is 47.6 Å². The summed E-state index contributed by atoms with van der Waals surface area (Å²) in [6.07, 6.45) is 9.06. The molecule has 0 atom stereocenters. The monoisotopic (exact) mass is 519 g/mol. The van der Waals surface area contributed by atoms with Crippen LogP contribution in [0.25, 0.3) is 11.2 Å². The second-order valence-corrected chi connectivity index (χ2v) is 10.7. The summed E-state index contributed by atoms with van der Waals surface area (Å²) in [6, 6.07) is 2.78. The lowest BCUT2D eigenvalue weighted by Gasteiger charge is -2.35. The molecule has 8 nitrogen and oxygen atoms in total. The number of anilines is 3.